The number of aromatic nitrogens is 4. The molecule has 3 aromatic carbocycles. The molecule has 0 saturated heterocycles. The van der Waals surface area contributed by atoms with Crippen molar-refractivity contribution in [2.45, 2.75) is 6.92 Å². The van der Waals surface area contributed by atoms with E-state index in [1.54, 1.807) is 29.1 Å². The Kier molecular flexibility index (Phi) is 4.97. The van der Waals surface area contributed by atoms with E-state index in [0.717, 1.165) is 22.3 Å². The summed E-state index contributed by atoms with van der Waals surface area (Å²) in [6, 6.07) is 15.6. The van der Waals surface area contributed by atoms with E-state index >= 15 is 0 Å². The first-order valence-electron chi connectivity index (χ1n) is 10.2. The molecule has 0 fully saturated rings. The van der Waals surface area contributed by atoms with E-state index in [4.69, 9.17) is 9.15 Å². The summed E-state index contributed by atoms with van der Waals surface area (Å²) in [5, 5.41) is 8.06. The predicted octanol–water partition coefficient (Wildman–Crippen LogP) is 5.19. The summed E-state index contributed by atoms with van der Waals surface area (Å²) in [6.07, 6.45) is 1.57. The van der Waals surface area contributed by atoms with Crippen LogP contribution >= 0.6 is 0 Å². The third-order valence-corrected chi connectivity index (χ3v) is 5.45. The second-order valence-electron chi connectivity index (χ2n) is 7.69. The highest BCUT2D eigenvalue weighted by molar-refractivity contribution is 5.94. The average Bonchev–Trinajstić information content (AvgIpc) is 3.45. The van der Waals surface area contributed by atoms with Gasteiger partial charge in [-0.25, -0.2) is 14.2 Å². The van der Waals surface area contributed by atoms with Crippen LogP contribution in [0.1, 0.15) is 15.9 Å². The molecule has 0 aliphatic rings. The molecular weight excluding hydrogens is 423 g/mol. The number of esters is 1. The van der Waals surface area contributed by atoms with Gasteiger partial charge in [-0.2, -0.15) is 0 Å². The van der Waals surface area contributed by atoms with Gasteiger partial charge in [0.1, 0.15) is 17.7 Å². The maximum absolute atomic E-state index is 14.1. The number of fused-ring (bicyclic) bond motifs is 1. The Balaban J connectivity index is 1.62. The van der Waals surface area contributed by atoms with Crippen molar-refractivity contribution in [1.29, 1.82) is 0 Å². The Morgan fingerprint density at radius 1 is 1.06 bits per heavy atom. The number of oxazole rings is 1. The molecule has 5 aromatic rings. The maximum Gasteiger partial charge on any atom is 0.337 e. The van der Waals surface area contributed by atoms with Crippen LogP contribution in [0, 0.1) is 12.7 Å². The smallest absolute Gasteiger partial charge is 0.337 e. The van der Waals surface area contributed by atoms with Gasteiger partial charge in [0.25, 0.3) is 0 Å². The minimum atomic E-state index is -0.431. The van der Waals surface area contributed by atoms with Crippen molar-refractivity contribution in [1.82, 2.24) is 19.7 Å². The molecule has 8 heteroatoms. The lowest BCUT2D eigenvalue weighted by Crippen LogP contribution is -2.01. The number of halogens is 1. The fourth-order valence-corrected chi connectivity index (χ4v) is 3.86. The quantitative estimate of drug-likeness (QED) is 0.356. The van der Waals surface area contributed by atoms with E-state index in [1.165, 1.54) is 19.2 Å². The zero-order valence-electron chi connectivity index (χ0n) is 18.2. The molecule has 2 aromatic heterocycles. The number of ether oxygens (including phenoxy) is 1. The third-order valence-electron chi connectivity index (χ3n) is 5.45. The number of hydrogen-bond donors (Lipinski definition) is 0. The van der Waals surface area contributed by atoms with Crippen LogP contribution in [0.15, 0.2) is 65.3 Å². The van der Waals surface area contributed by atoms with Crippen LogP contribution in [0.3, 0.4) is 0 Å². The van der Waals surface area contributed by atoms with Gasteiger partial charge in [0.05, 0.1) is 12.7 Å². The fraction of sp³-hybridized carbons (Fsp3) is 0.120. The van der Waals surface area contributed by atoms with Crippen molar-refractivity contribution in [2.24, 2.45) is 7.05 Å². The van der Waals surface area contributed by atoms with Gasteiger partial charge >= 0.3 is 5.97 Å². The lowest BCUT2D eigenvalue weighted by molar-refractivity contribution is 0.0601. The summed E-state index contributed by atoms with van der Waals surface area (Å²) in [5.41, 5.74) is 5.39. The monoisotopic (exact) mass is 442 g/mol. The first kappa shape index (κ1) is 20.6. The molecule has 5 rings (SSSR count). The summed E-state index contributed by atoms with van der Waals surface area (Å²) < 4.78 is 26.7. The number of carbonyl (C=O) groups excluding carboxylic acids is 1. The molecule has 0 aliphatic carbocycles. The summed E-state index contributed by atoms with van der Waals surface area (Å²) in [6.45, 7) is 1.85. The molecule has 0 aliphatic heterocycles. The first-order chi connectivity index (χ1) is 15.9. The Labute approximate surface area is 188 Å². The van der Waals surface area contributed by atoms with E-state index in [0.29, 0.717) is 33.9 Å². The van der Waals surface area contributed by atoms with Crippen LogP contribution < -0.4 is 0 Å². The third kappa shape index (κ3) is 3.65. The number of nitrogens with zero attached hydrogens (tertiary/aromatic N) is 4. The van der Waals surface area contributed by atoms with Gasteiger partial charge in [0.2, 0.25) is 5.89 Å². The van der Waals surface area contributed by atoms with Crippen molar-refractivity contribution in [2.75, 3.05) is 7.11 Å². The molecule has 0 unspecified atom stereocenters. The maximum atomic E-state index is 14.1. The molecule has 0 spiro atoms. The zero-order valence-corrected chi connectivity index (χ0v) is 18.2. The zero-order chi connectivity index (χ0) is 23.1. The highest BCUT2D eigenvalue weighted by Gasteiger charge is 2.17. The molecule has 0 radical (unpaired) electrons. The molecule has 0 atom stereocenters. The van der Waals surface area contributed by atoms with Gasteiger partial charge < -0.3 is 13.7 Å². The van der Waals surface area contributed by atoms with Crippen LogP contribution in [-0.4, -0.2) is 32.8 Å². The minimum absolute atomic E-state index is 0.358. The van der Waals surface area contributed by atoms with E-state index in [2.05, 4.69) is 15.2 Å². The standard InChI is InChI=1S/C25H19FN4O3/c1-14-9-17(25(31)32-3)11-21-22(14)33-24(28-21)16-6-4-5-15(10-16)19-8-7-18(26)12-20(19)23-29-27-13-30(23)2/h4-13H,1-3H3. The molecular formula is C25H19FN4O3. The fourth-order valence-electron chi connectivity index (χ4n) is 3.86. The Bertz CT molecular complexity index is 1520. The van der Waals surface area contributed by atoms with Gasteiger partial charge in [0.15, 0.2) is 11.4 Å². The number of methoxy groups -OCH3 is 1. The van der Waals surface area contributed by atoms with Crippen LogP contribution in [-0.2, 0) is 11.8 Å². The van der Waals surface area contributed by atoms with Gasteiger partial charge in [0, 0.05) is 18.2 Å². The summed E-state index contributed by atoms with van der Waals surface area (Å²) in [7, 11) is 3.15. The largest absolute Gasteiger partial charge is 0.465 e. The number of aryl methyl sites for hydroxylation is 2. The van der Waals surface area contributed by atoms with Gasteiger partial charge in [-0.15, -0.1) is 10.2 Å². The molecule has 0 bridgehead atoms. The molecule has 164 valence electrons. The van der Waals surface area contributed by atoms with Crippen LogP contribution in [0.4, 0.5) is 4.39 Å². The highest BCUT2D eigenvalue weighted by atomic mass is 19.1. The summed E-state index contributed by atoms with van der Waals surface area (Å²) >= 11 is 0. The number of carbonyl (C=O) groups is 1. The SMILES string of the molecule is COC(=O)c1cc(C)c2oc(-c3cccc(-c4ccc(F)cc4-c4nncn4C)c3)nc2c1. The van der Waals surface area contributed by atoms with E-state index < -0.39 is 5.97 Å². The molecule has 0 saturated carbocycles. The van der Waals surface area contributed by atoms with Gasteiger partial charge in [-0.05, 0) is 60.0 Å². The lowest BCUT2D eigenvalue weighted by atomic mass is 9.97. The number of rotatable bonds is 4. The number of benzene rings is 3. The Morgan fingerprint density at radius 2 is 1.88 bits per heavy atom. The molecule has 2 heterocycles. The van der Waals surface area contributed by atoms with E-state index in [-0.39, 0.29) is 5.82 Å². The van der Waals surface area contributed by atoms with Gasteiger partial charge in [-0.3, -0.25) is 0 Å². The van der Waals surface area contributed by atoms with Crippen LogP contribution in [0.25, 0.3) is 45.1 Å². The van der Waals surface area contributed by atoms with E-state index in [9.17, 15) is 9.18 Å². The topological polar surface area (TPSA) is 83.0 Å². The van der Waals surface area contributed by atoms with Crippen LogP contribution in [0.5, 0.6) is 0 Å². The number of hydrogen-bond acceptors (Lipinski definition) is 6. The molecule has 0 amide bonds. The normalized spacial score (nSPS) is 11.2. The molecule has 7 nitrogen and oxygen atoms in total. The molecule has 0 N–H and O–H groups in total. The summed E-state index contributed by atoms with van der Waals surface area (Å²) in [5.74, 6) is 0.185. The van der Waals surface area contributed by atoms with Crippen molar-refractivity contribution in [3.8, 4) is 34.0 Å². The van der Waals surface area contributed by atoms with E-state index in [1.807, 2.05) is 38.2 Å². The summed E-state index contributed by atoms with van der Waals surface area (Å²) in [4.78, 5) is 16.5. The first-order valence-corrected chi connectivity index (χ1v) is 10.2. The molecule has 33 heavy (non-hydrogen) atoms. The van der Waals surface area contributed by atoms with Gasteiger partial charge in [-0.1, -0.05) is 18.2 Å². The Morgan fingerprint density at radius 3 is 2.64 bits per heavy atom. The van der Waals surface area contributed by atoms with Crippen molar-refractivity contribution < 1.29 is 18.3 Å². The second-order valence-corrected chi connectivity index (χ2v) is 7.69. The van der Waals surface area contributed by atoms with Crippen LogP contribution in [0.2, 0.25) is 0 Å². The second kappa shape index (κ2) is 7.98. The highest BCUT2D eigenvalue weighted by Crippen LogP contribution is 2.35. The van der Waals surface area contributed by atoms with Crippen molar-refractivity contribution in [3.63, 3.8) is 0 Å². The lowest BCUT2D eigenvalue weighted by Gasteiger charge is -2.10. The Hall–Kier alpha value is -4.33. The minimum Gasteiger partial charge on any atom is -0.465 e. The average molecular weight is 442 g/mol. The van der Waals surface area contributed by atoms with Crippen molar-refractivity contribution in [3.05, 3.63) is 77.9 Å². The predicted molar refractivity (Wildman–Crippen MR) is 121 cm³/mol. The van der Waals surface area contributed by atoms with Crippen molar-refractivity contribution >= 4 is 17.1 Å².